The highest BCUT2D eigenvalue weighted by atomic mass is 16.5. The molecule has 0 saturated carbocycles. The Kier molecular flexibility index (Phi) is 5.45. The van der Waals surface area contributed by atoms with Crippen LogP contribution in [0.3, 0.4) is 0 Å². The summed E-state index contributed by atoms with van der Waals surface area (Å²) in [4.78, 5) is 2.27. The Morgan fingerprint density at radius 1 is 1.44 bits per heavy atom. The summed E-state index contributed by atoms with van der Waals surface area (Å²) in [5.41, 5.74) is 1.27. The Labute approximate surface area is 98.2 Å². The molecule has 0 aliphatic carbocycles. The van der Waals surface area contributed by atoms with Crippen LogP contribution in [0.2, 0.25) is 0 Å². The van der Waals surface area contributed by atoms with Gasteiger partial charge in [-0.1, -0.05) is 12.1 Å². The van der Waals surface area contributed by atoms with Gasteiger partial charge in [0.2, 0.25) is 0 Å². The molecule has 0 unspecified atom stereocenters. The van der Waals surface area contributed by atoms with Gasteiger partial charge in [-0.2, -0.15) is 0 Å². The SMILES string of the molecule is C#CCCCN(C)Cc1cccc(OC)c1. The van der Waals surface area contributed by atoms with Gasteiger partial charge in [-0.05, 0) is 37.7 Å². The average molecular weight is 217 g/mol. The summed E-state index contributed by atoms with van der Waals surface area (Å²) in [7, 11) is 3.80. The maximum Gasteiger partial charge on any atom is 0.119 e. The first-order valence-electron chi connectivity index (χ1n) is 5.51. The molecule has 0 aliphatic heterocycles. The standard InChI is InChI=1S/C14H19NO/c1-4-5-6-10-15(2)12-13-8-7-9-14(11-13)16-3/h1,7-9,11H,5-6,10,12H2,2-3H3. The molecule has 2 heteroatoms. The van der Waals surface area contributed by atoms with E-state index in [2.05, 4.69) is 30.0 Å². The molecular weight excluding hydrogens is 198 g/mol. The molecule has 1 aromatic rings. The summed E-state index contributed by atoms with van der Waals surface area (Å²) in [6.07, 6.45) is 7.12. The van der Waals surface area contributed by atoms with Gasteiger partial charge in [-0.15, -0.1) is 12.3 Å². The van der Waals surface area contributed by atoms with E-state index in [9.17, 15) is 0 Å². The van der Waals surface area contributed by atoms with Crippen molar-refractivity contribution in [1.82, 2.24) is 4.90 Å². The molecule has 1 aromatic carbocycles. The van der Waals surface area contributed by atoms with Crippen LogP contribution in [0, 0.1) is 12.3 Å². The number of hydrogen-bond acceptors (Lipinski definition) is 2. The number of unbranched alkanes of at least 4 members (excludes halogenated alkanes) is 1. The second-order valence-electron chi connectivity index (χ2n) is 3.90. The predicted molar refractivity (Wildman–Crippen MR) is 67.4 cm³/mol. The third-order valence-electron chi connectivity index (χ3n) is 2.45. The molecule has 0 heterocycles. The van der Waals surface area contributed by atoms with Crippen LogP contribution in [0.5, 0.6) is 5.75 Å². The van der Waals surface area contributed by atoms with E-state index < -0.39 is 0 Å². The lowest BCUT2D eigenvalue weighted by atomic mass is 10.2. The minimum atomic E-state index is 0.850. The molecule has 86 valence electrons. The molecular formula is C14H19NO. The zero-order valence-electron chi connectivity index (χ0n) is 10.1. The molecule has 2 nitrogen and oxygen atoms in total. The Morgan fingerprint density at radius 3 is 2.94 bits per heavy atom. The van der Waals surface area contributed by atoms with Gasteiger partial charge in [-0.25, -0.2) is 0 Å². The molecule has 0 aliphatic rings. The maximum atomic E-state index is 5.22. The van der Waals surface area contributed by atoms with Gasteiger partial charge in [0.05, 0.1) is 7.11 Å². The van der Waals surface area contributed by atoms with Crippen molar-refractivity contribution < 1.29 is 4.74 Å². The summed E-state index contributed by atoms with van der Waals surface area (Å²) in [5, 5.41) is 0. The number of nitrogens with zero attached hydrogens (tertiary/aromatic N) is 1. The van der Waals surface area contributed by atoms with Gasteiger partial charge < -0.3 is 9.64 Å². The van der Waals surface area contributed by atoms with Crippen molar-refractivity contribution in [2.24, 2.45) is 0 Å². The fourth-order valence-electron chi connectivity index (χ4n) is 1.61. The Hall–Kier alpha value is -1.46. The zero-order valence-corrected chi connectivity index (χ0v) is 10.1. The van der Waals surface area contributed by atoms with Crippen LogP contribution in [-0.4, -0.2) is 25.6 Å². The molecule has 0 radical (unpaired) electrons. The van der Waals surface area contributed by atoms with Crippen molar-refractivity contribution in [3.05, 3.63) is 29.8 Å². The Morgan fingerprint density at radius 2 is 2.25 bits per heavy atom. The van der Waals surface area contributed by atoms with E-state index in [1.807, 2.05) is 12.1 Å². The maximum absolute atomic E-state index is 5.22. The largest absolute Gasteiger partial charge is 0.497 e. The molecule has 0 amide bonds. The summed E-state index contributed by atoms with van der Waals surface area (Å²) in [6.45, 7) is 1.96. The van der Waals surface area contributed by atoms with Gasteiger partial charge in [0.1, 0.15) is 5.75 Å². The smallest absolute Gasteiger partial charge is 0.119 e. The lowest BCUT2D eigenvalue weighted by Crippen LogP contribution is -2.18. The number of benzene rings is 1. The minimum Gasteiger partial charge on any atom is -0.497 e. The first-order chi connectivity index (χ1) is 7.76. The molecule has 0 atom stereocenters. The quantitative estimate of drug-likeness (QED) is 0.536. The van der Waals surface area contributed by atoms with Gasteiger partial charge >= 0.3 is 0 Å². The second-order valence-corrected chi connectivity index (χ2v) is 3.90. The lowest BCUT2D eigenvalue weighted by molar-refractivity contribution is 0.323. The zero-order chi connectivity index (χ0) is 11.8. The molecule has 0 fully saturated rings. The highest BCUT2D eigenvalue weighted by molar-refractivity contribution is 5.28. The molecule has 16 heavy (non-hydrogen) atoms. The van der Waals surface area contributed by atoms with E-state index in [4.69, 9.17) is 11.2 Å². The normalized spacial score (nSPS) is 10.1. The monoisotopic (exact) mass is 217 g/mol. The number of methoxy groups -OCH3 is 1. The van der Waals surface area contributed by atoms with Gasteiger partial charge in [-0.3, -0.25) is 0 Å². The van der Waals surface area contributed by atoms with Crippen LogP contribution >= 0.6 is 0 Å². The Bertz CT molecular complexity index is 354. The molecule has 0 N–H and O–H groups in total. The van der Waals surface area contributed by atoms with Gasteiger partial charge in [0, 0.05) is 13.0 Å². The highest BCUT2D eigenvalue weighted by Gasteiger charge is 2.00. The molecule has 0 aromatic heterocycles. The van der Waals surface area contributed by atoms with Crippen LogP contribution in [-0.2, 0) is 6.54 Å². The number of hydrogen-bond donors (Lipinski definition) is 0. The second kappa shape index (κ2) is 6.92. The van der Waals surface area contributed by atoms with Crippen molar-refractivity contribution in [2.45, 2.75) is 19.4 Å². The molecule has 0 bridgehead atoms. The van der Waals surface area contributed by atoms with Crippen molar-refractivity contribution in [2.75, 3.05) is 20.7 Å². The first kappa shape index (κ1) is 12.6. The fourth-order valence-corrected chi connectivity index (χ4v) is 1.61. The van der Waals surface area contributed by atoms with Crippen LogP contribution in [0.4, 0.5) is 0 Å². The van der Waals surface area contributed by atoms with Crippen LogP contribution in [0.1, 0.15) is 18.4 Å². The fraction of sp³-hybridized carbons (Fsp3) is 0.429. The summed E-state index contributed by atoms with van der Waals surface area (Å²) in [6, 6.07) is 8.16. The van der Waals surface area contributed by atoms with E-state index in [1.54, 1.807) is 7.11 Å². The van der Waals surface area contributed by atoms with Crippen molar-refractivity contribution in [1.29, 1.82) is 0 Å². The van der Waals surface area contributed by atoms with Crippen LogP contribution in [0.25, 0.3) is 0 Å². The van der Waals surface area contributed by atoms with Gasteiger partial charge in [0.25, 0.3) is 0 Å². The van der Waals surface area contributed by atoms with E-state index >= 15 is 0 Å². The van der Waals surface area contributed by atoms with Crippen molar-refractivity contribution in [3.63, 3.8) is 0 Å². The minimum absolute atomic E-state index is 0.850. The first-order valence-corrected chi connectivity index (χ1v) is 5.51. The van der Waals surface area contributed by atoms with Crippen LogP contribution < -0.4 is 4.74 Å². The highest BCUT2D eigenvalue weighted by Crippen LogP contribution is 2.13. The molecule has 1 rings (SSSR count). The third-order valence-corrected chi connectivity index (χ3v) is 2.45. The van der Waals surface area contributed by atoms with Gasteiger partial charge in [0.15, 0.2) is 0 Å². The Balaban J connectivity index is 2.43. The predicted octanol–water partition coefficient (Wildman–Crippen LogP) is 2.54. The number of ether oxygens (including phenoxy) is 1. The lowest BCUT2D eigenvalue weighted by Gasteiger charge is -2.16. The van der Waals surface area contributed by atoms with E-state index in [-0.39, 0.29) is 0 Å². The van der Waals surface area contributed by atoms with Crippen molar-refractivity contribution >= 4 is 0 Å². The van der Waals surface area contributed by atoms with Crippen LogP contribution in [0.15, 0.2) is 24.3 Å². The number of terminal acetylenes is 1. The summed E-state index contributed by atoms with van der Waals surface area (Å²) < 4.78 is 5.19. The van der Waals surface area contributed by atoms with E-state index in [0.29, 0.717) is 0 Å². The van der Waals surface area contributed by atoms with Crippen molar-refractivity contribution in [3.8, 4) is 18.1 Å². The van der Waals surface area contributed by atoms with E-state index in [1.165, 1.54) is 5.56 Å². The summed E-state index contributed by atoms with van der Waals surface area (Å²) >= 11 is 0. The number of rotatable bonds is 6. The molecule has 0 spiro atoms. The molecule has 0 saturated heterocycles. The third kappa shape index (κ3) is 4.37. The van der Waals surface area contributed by atoms with E-state index in [0.717, 1.165) is 31.7 Å². The average Bonchev–Trinajstić information content (AvgIpc) is 2.29. The summed E-state index contributed by atoms with van der Waals surface area (Å²) in [5.74, 6) is 3.57. The topological polar surface area (TPSA) is 12.5 Å².